The predicted molar refractivity (Wildman–Crippen MR) is 79.7 cm³/mol. The Morgan fingerprint density at radius 1 is 1.45 bits per heavy atom. The quantitative estimate of drug-likeness (QED) is 0.798. The Morgan fingerprint density at radius 2 is 2.30 bits per heavy atom. The van der Waals surface area contributed by atoms with Crippen LogP contribution < -0.4 is 5.32 Å². The van der Waals surface area contributed by atoms with Crippen molar-refractivity contribution < 1.29 is 4.39 Å². The first kappa shape index (κ1) is 13.3. The molecule has 0 saturated heterocycles. The van der Waals surface area contributed by atoms with Gasteiger partial charge in [0, 0.05) is 30.2 Å². The standard InChI is InChI=1S/C15H16FN3S/c1-10-3-4-11(7-13(10)16)14(17-2)8-12-9-19-5-6-20-15(19)18-12/h3-7,9,14,17H,8H2,1-2H3. The zero-order chi connectivity index (χ0) is 14.1. The molecule has 0 aliphatic carbocycles. The van der Waals surface area contributed by atoms with Crippen LogP contribution in [0.4, 0.5) is 4.39 Å². The summed E-state index contributed by atoms with van der Waals surface area (Å²) in [6, 6.07) is 5.46. The summed E-state index contributed by atoms with van der Waals surface area (Å²) in [5.41, 5.74) is 2.63. The maximum absolute atomic E-state index is 13.7. The number of hydrogen-bond donors (Lipinski definition) is 1. The molecule has 3 aromatic rings. The van der Waals surface area contributed by atoms with E-state index in [9.17, 15) is 4.39 Å². The Hall–Kier alpha value is -1.72. The fraction of sp³-hybridized carbons (Fsp3) is 0.267. The van der Waals surface area contributed by atoms with Crippen LogP contribution in [-0.2, 0) is 6.42 Å². The van der Waals surface area contributed by atoms with Gasteiger partial charge in [-0.15, -0.1) is 11.3 Å². The summed E-state index contributed by atoms with van der Waals surface area (Å²) in [5, 5.41) is 5.25. The zero-order valence-corrected chi connectivity index (χ0v) is 12.2. The summed E-state index contributed by atoms with van der Waals surface area (Å²) in [6.45, 7) is 1.77. The van der Waals surface area contributed by atoms with Gasteiger partial charge in [-0.05, 0) is 31.2 Å². The molecule has 1 unspecified atom stereocenters. The van der Waals surface area contributed by atoms with Crippen LogP contribution in [0.25, 0.3) is 4.96 Å². The molecule has 0 radical (unpaired) electrons. The third kappa shape index (κ3) is 2.46. The molecule has 0 bridgehead atoms. The Labute approximate surface area is 121 Å². The van der Waals surface area contributed by atoms with Crippen molar-refractivity contribution in [2.75, 3.05) is 7.05 Å². The number of aromatic nitrogens is 2. The fourth-order valence-electron chi connectivity index (χ4n) is 2.30. The summed E-state index contributed by atoms with van der Waals surface area (Å²) >= 11 is 1.61. The molecule has 3 nitrogen and oxygen atoms in total. The van der Waals surface area contributed by atoms with Crippen molar-refractivity contribution in [1.29, 1.82) is 0 Å². The molecule has 3 rings (SSSR count). The first-order chi connectivity index (χ1) is 9.67. The number of aryl methyl sites for hydroxylation is 1. The fourth-order valence-corrected chi connectivity index (χ4v) is 3.01. The van der Waals surface area contributed by atoms with Gasteiger partial charge < -0.3 is 5.32 Å². The van der Waals surface area contributed by atoms with Crippen LogP contribution in [0.2, 0.25) is 0 Å². The molecule has 0 spiro atoms. The van der Waals surface area contributed by atoms with Crippen LogP contribution in [0.5, 0.6) is 0 Å². The highest BCUT2D eigenvalue weighted by molar-refractivity contribution is 7.15. The second-order valence-electron chi connectivity index (χ2n) is 4.88. The van der Waals surface area contributed by atoms with E-state index in [0.717, 1.165) is 22.6 Å². The molecular formula is C15H16FN3S. The third-order valence-corrected chi connectivity index (χ3v) is 4.27. The van der Waals surface area contributed by atoms with E-state index in [0.29, 0.717) is 5.56 Å². The van der Waals surface area contributed by atoms with Gasteiger partial charge in [0.1, 0.15) is 5.82 Å². The minimum Gasteiger partial charge on any atom is -0.313 e. The molecule has 0 fully saturated rings. The van der Waals surface area contributed by atoms with Gasteiger partial charge in [0.25, 0.3) is 0 Å². The van der Waals surface area contributed by atoms with Crippen molar-refractivity contribution in [3.63, 3.8) is 0 Å². The molecule has 0 aliphatic rings. The number of hydrogen-bond acceptors (Lipinski definition) is 3. The lowest BCUT2D eigenvalue weighted by Gasteiger charge is -2.16. The summed E-state index contributed by atoms with van der Waals surface area (Å²) in [5.74, 6) is -0.159. The van der Waals surface area contributed by atoms with Crippen molar-refractivity contribution in [2.45, 2.75) is 19.4 Å². The lowest BCUT2D eigenvalue weighted by molar-refractivity contribution is 0.570. The highest BCUT2D eigenvalue weighted by Crippen LogP contribution is 2.21. The van der Waals surface area contributed by atoms with Gasteiger partial charge in [0.15, 0.2) is 4.96 Å². The van der Waals surface area contributed by atoms with Gasteiger partial charge in [0.05, 0.1) is 5.69 Å². The number of imidazole rings is 1. The first-order valence-electron chi connectivity index (χ1n) is 6.52. The molecule has 1 N–H and O–H groups in total. The van der Waals surface area contributed by atoms with E-state index >= 15 is 0 Å². The number of likely N-dealkylation sites (N-methyl/N-ethyl adjacent to an activating group) is 1. The normalized spacial score (nSPS) is 12.9. The average molecular weight is 289 g/mol. The Kier molecular flexibility index (Phi) is 3.54. The molecule has 5 heteroatoms. The predicted octanol–water partition coefficient (Wildman–Crippen LogP) is 3.35. The second kappa shape index (κ2) is 5.34. The highest BCUT2D eigenvalue weighted by Gasteiger charge is 2.14. The lowest BCUT2D eigenvalue weighted by atomic mass is 10.0. The van der Waals surface area contributed by atoms with Crippen molar-refractivity contribution in [2.24, 2.45) is 0 Å². The van der Waals surface area contributed by atoms with Crippen molar-refractivity contribution in [3.8, 4) is 0 Å². The van der Waals surface area contributed by atoms with Gasteiger partial charge in [0.2, 0.25) is 0 Å². The highest BCUT2D eigenvalue weighted by atomic mass is 32.1. The Morgan fingerprint density at radius 3 is 3.00 bits per heavy atom. The largest absolute Gasteiger partial charge is 0.313 e. The van der Waals surface area contributed by atoms with Gasteiger partial charge in [-0.3, -0.25) is 4.40 Å². The monoisotopic (exact) mass is 289 g/mol. The molecule has 0 aliphatic heterocycles. The molecule has 20 heavy (non-hydrogen) atoms. The first-order valence-corrected chi connectivity index (χ1v) is 7.39. The van der Waals surface area contributed by atoms with E-state index in [2.05, 4.69) is 10.3 Å². The molecule has 1 aromatic carbocycles. The van der Waals surface area contributed by atoms with Crippen LogP contribution in [-0.4, -0.2) is 16.4 Å². The van der Waals surface area contributed by atoms with E-state index in [4.69, 9.17) is 0 Å². The second-order valence-corrected chi connectivity index (χ2v) is 5.75. The molecular weight excluding hydrogens is 273 g/mol. The number of nitrogens with zero attached hydrogens (tertiary/aromatic N) is 2. The number of nitrogens with one attached hydrogen (secondary N) is 1. The van der Waals surface area contributed by atoms with E-state index in [-0.39, 0.29) is 11.9 Å². The maximum Gasteiger partial charge on any atom is 0.193 e. The minimum absolute atomic E-state index is 0.0645. The van der Waals surface area contributed by atoms with E-state index in [1.165, 1.54) is 0 Å². The van der Waals surface area contributed by atoms with Gasteiger partial charge in [-0.2, -0.15) is 0 Å². The number of fused-ring (bicyclic) bond motifs is 1. The minimum atomic E-state index is -0.159. The van der Waals surface area contributed by atoms with Gasteiger partial charge in [-0.25, -0.2) is 9.37 Å². The molecule has 1 atom stereocenters. The van der Waals surface area contributed by atoms with Crippen LogP contribution in [0.3, 0.4) is 0 Å². The number of benzene rings is 1. The molecule has 2 heterocycles. The Balaban J connectivity index is 1.85. The number of thiazole rings is 1. The zero-order valence-electron chi connectivity index (χ0n) is 11.4. The average Bonchev–Trinajstić information content (AvgIpc) is 3.00. The molecule has 104 valence electrons. The van der Waals surface area contributed by atoms with Gasteiger partial charge in [-0.1, -0.05) is 12.1 Å². The smallest absolute Gasteiger partial charge is 0.193 e. The Bertz CT molecular complexity index is 703. The van der Waals surface area contributed by atoms with Crippen molar-refractivity contribution >= 4 is 16.3 Å². The molecule has 0 amide bonds. The van der Waals surface area contributed by atoms with Crippen LogP contribution in [0, 0.1) is 12.7 Å². The van der Waals surface area contributed by atoms with E-state index < -0.39 is 0 Å². The van der Waals surface area contributed by atoms with Gasteiger partial charge >= 0.3 is 0 Å². The summed E-state index contributed by atoms with van der Waals surface area (Å²) in [7, 11) is 1.89. The topological polar surface area (TPSA) is 29.3 Å². The number of halogens is 1. The SMILES string of the molecule is CNC(Cc1cn2ccsc2n1)c1ccc(C)c(F)c1. The third-order valence-electron chi connectivity index (χ3n) is 3.50. The van der Waals surface area contributed by atoms with Crippen molar-refractivity contribution in [3.05, 3.63) is 58.6 Å². The number of rotatable bonds is 4. The lowest BCUT2D eigenvalue weighted by Crippen LogP contribution is -2.19. The van der Waals surface area contributed by atoms with E-state index in [1.54, 1.807) is 24.3 Å². The summed E-state index contributed by atoms with van der Waals surface area (Å²) in [4.78, 5) is 5.56. The maximum atomic E-state index is 13.7. The van der Waals surface area contributed by atoms with Crippen LogP contribution in [0.1, 0.15) is 22.9 Å². The molecule has 2 aromatic heterocycles. The summed E-state index contributed by atoms with van der Waals surface area (Å²) < 4.78 is 15.7. The molecule has 0 saturated carbocycles. The van der Waals surface area contributed by atoms with Crippen LogP contribution in [0.15, 0.2) is 36.0 Å². The summed E-state index contributed by atoms with van der Waals surface area (Å²) in [6.07, 6.45) is 4.77. The van der Waals surface area contributed by atoms with E-state index in [1.807, 2.05) is 41.4 Å². The van der Waals surface area contributed by atoms with Crippen LogP contribution >= 0.6 is 11.3 Å². The van der Waals surface area contributed by atoms with Crippen molar-refractivity contribution in [1.82, 2.24) is 14.7 Å².